The summed E-state index contributed by atoms with van der Waals surface area (Å²) in [6, 6.07) is 7.47. The molecular formula is C16H21NO4. The molecule has 0 saturated carbocycles. The zero-order chi connectivity index (χ0) is 15.4. The molecule has 1 aromatic rings. The van der Waals surface area contributed by atoms with Gasteiger partial charge in [-0.15, -0.1) is 0 Å². The Labute approximate surface area is 124 Å². The van der Waals surface area contributed by atoms with Crippen molar-refractivity contribution in [1.29, 1.82) is 0 Å². The number of rotatable bonds is 4. The Bertz CT molecular complexity index is 504. The van der Waals surface area contributed by atoms with E-state index in [2.05, 4.69) is 0 Å². The van der Waals surface area contributed by atoms with Crippen molar-refractivity contribution in [3.63, 3.8) is 0 Å². The largest absolute Gasteiger partial charge is 0.497 e. The van der Waals surface area contributed by atoms with Crippen molar-refractivity contribution < 1.29 is 19.4 Å². The molecule has 1 unspecified atom stereocenters. The average molecular weight is 291 g/mol. The second-order valence-corrected chi connectivity index (χ2v) is 5.43. The van der Waals surface area contributed by atoms with Gasteiger partial charge in [0.25, 0.3) is 0 Å². The number of amides is 1. The van der Waals surface area contributed by atoms with Gasteiger partial charge in [0, 0.05) is 13.1 Å². The second-order valence-electron chi connectivity index (χ2n) is 5.43. The van der Waals surface area contributed by atoms with Crippen LogP contribution in [0.3, 0.4) is 0 Å². The number of ether oxygens (including phenoxy) is 1. The molecule has 0 bridgehead atoms. The molecule has 1 saturated heterocycles. The Hall–Kier alpha value is -2.04. The number of hydrogen-bond donors (Lipinski definition) is 1. The summed E-state index contributed by atoms with van der Waals surface area (Å²) in [7, 11) is 1.61. The summed E-state index contributed by atoms with van der Waals surface area (Å²) in [4.78, 5) is 25.2. The second kappa shape index (κ2) is 6.61. The van der Waals surface area contributed by atoms with Crippen LogP contribution >= 0.6 is 0 Å². The third-order valence-electron chi connectivity index (χ3n) is 4.14. The number of piperidine rings is 1. The summed E-state index contributed by atoms with van der Waals surface area (Å²) in [5, 5.41) is 8.98. The van der Waals surface area contributed by atoms with Gasteiger partial charge in [0.05, 0.1) is 18.9 Å². The lowest BCUT2D eigenvalue weighted by atomic mass is 9.94. The molecule has 21 heavy (non-hydrogen) atoms. The van der Waals surface area contributed by atoms with Crippen LogP contribution in [0.5, 0.6) is 5.75 Å². The Kier molecular flexibility index (Phi) is 4.83. The molecule has 1 N–H and O–H groups in total. The molecule has 0 aromatic heterocycles. The van der Waals surface area contributed by atoms with Crippen LogP contribution in [-0.2, 0) is 9.59 Å². The lowest BCUT2D eigenvalue weighted by Crippen LogP contribution is -2.42. The average Bonchev–Trinajstić information content (AvgIpc) is 2.53. The number of likely N-dealkylation sites (tertiary alicyclic amines) is 1. The van der Waals surface area contributed by atoms with Gasteiger partial charge in [-0.05, 0) is 37.5 Å². The van der Waals surface area contributed by atoms with Crippen molar-refractivity contribution >= 4 is 11.9 Å². The Balaban J connectivity index is 1.97. The molecule has 1 heterocycles. The predicted octanol–water partition coefficient (Wildman–Crippen LogP) is 2.12. The molecule has 0 radical (unpaired) electrons. The Morgan fingerprint density at radius 2 is 1.81 bits per heavy atom. The first-order chi connectivity index (χ1) is 10.0. The lowest BCUT2D eigenvalue weighted by molar-refractivity contribution is -0.146. The van der Waals surface area contributed by atoms with E-state index in [1.54, 1.807) is 12.0 Å². The number of carboxylic acids is 1. The number of methoxy groups -OCH3 is 1. The number of carbonyl (C=O) groups is 2. The van der Waals surface area contributed by atoms with E-state index in [-0.39, 0.29) is 17.7 Å². The maximum atomic E-state index is 12.5. The van der Waals surface area contributed by atoms with Crippen LogP contribution in [0, 0.1) is 5.92 Å². The maximum Gasteiger partial charge on any atom is 0.306 e. The zero-order valence-electron chi connectivity index (χ0n) is 12.4. The van der Waals surface area contributed by atoms with Crippen molar-refractivity contribution in [2.24, 2.45) is 5.92 Å². The molecule has 0 spiro atoms. The SMILES string of the molecule is COc1ccc(C(C)C(=O)N2CCC(C(=O)O)CC2)cc1. The third kappa shape index (κ3) is 3.54. The first-order valence-corrected chi connectivity index (χ1v) is 7.18. The van der Waals surface area contributed by atoms with Gasteiger partial charge in [-0.25, -0.2) is 0 Å². The number of carbonyl (C=O) groups excluding carboxylic acids is 1. The predicted molar refractivity (Wildman–Crippen MR) is 78.3 cm³/mol. The highest BCUT2D eigenvalue weighted by molar-refractivity contribution is 5.83. The van der Waals surface area contributed by atoms with Crippen LogP contribution in [0.1, 0.15) is 31.2 Å². The standard InChI is InChI=1S/C16H21NO4/c1-11(12-3-5-14(21-2)6-4-12)15(18)17-9-7-13(8-10-17)16(19)20/h3-6,11,13H,7-10H2,1-2H3,(H,19,20). The van der Waals surface area contributed by atoms with Crippen LogP contribution in [-0.4, -0.2) is 42.1 Å². The van der Waals surface area contributed by atoms with Crippen molar-refractivity contribution in [3.05, 3.63) is 29.8 Å². The monoisotopic (exact) mass is 291 g/mol. The molecular weight excluding hydrogens is 270 g/mol. The highest BCUT2D eigenvalue weighted by Gasteiger charge is 2.29. The van der Waals surface area contributed by atoms with Gasteiger partial charge < -0.3 is 14.7 Å². The quantitative estimate of drug-likeness (QED) is 0.922. The normalized spacial score (nSPS) is 17.3. The van der Waals surface area contributed by atoms with Crippen molar-refractivity contribution in [3.8, 4) is 5.75 Å². The topological polar surface area (TPSA) is 66.8 Å². The fourth-order valence-corrected chi connectivity index (χ4v) is 2.66. The fourth-order valence-electron chi connectivity index (χ4n) is 2.66. The molecule has 1 aliphatic rings. The minimum absolute atomic E-state index is 0.0593. The van der Waals surface area contributed by atoms with Crippen molar-refractivity contribution in [1.82, 2.24) is 4.90 Å². The van der Waals surface area contributed by atoms with Crippen LogP contribution in [0.15, 0.2) is 24.3 Å². The van der Waals surface area contributed by atoms with E-state index in [4.69, 9.17) is 9.84 Å². The van der Waals surface area contributed by atoms with Gasteiger partial charge in [0.2, 0.25) is 5.91 Å². The molecule has 0 aliphatic carbocycles. The summed E-state index contributed by atoms with van der Waals surface area (Å²) in [6.07, 6.45) is 1.08. The van der Waals surface area contributed by atoms with Crippen LogP contribution in [0.25, 0.3) is 0 Å². The van der Waals surface area contributed by atoms with E-state index in [1.165, 1.54) is 0 Å². The van der Waals surface area contributed by atoms with Gasteiger partial charge in [-0.1, -0.05) is 12.1 Å². The number of hydrogen-bond acceptors (Lipinski definition) is 3. The summed E-state index contributed by atoms with van der Waals surface area (Å²) in [6.45, 7) is 2.93. The van der Waals surface area contributed by atoms with E-state index < -0.39 is 5.97 Å². The highest BCUT2D eigenvalue weighted by atomic mass is 16.5. The summed E-state index contributed by atoms with van der Waals surface area (Å²) in [5.74, 6) is -0.474. The molecule has 1 amide bonds. The number of carboxylic acid groups (broad SMARTS) is 1. The van der Waals surface area contributed by atoms with Crippen molar-refractivity contribution in [2.75, 3.05) is 20.2 Å². The van der Waals surface area contributed by atoms with Gasteiger partial charge in [-0.2, -0.15) is 0 Å². The first-order valence-electron chi connectivity index (χ1n) is 7.18. The zero-order valence-corrected chi connectivity index (χ0v) is 12.4. The summed E-state index contributed by atoms with van der Waals surface area (Å²) in [5.41, 5.74) is 0.946. The molecule has 1 aromatic carbocycles. The fraction of sp³-hybridized carbons (Fsp3) is 0.500. The smallest absolute Gasteiger partial charge is 0.306 e. The third-order valence-corrected chi connectivity index (χ3v) is 4.14. The maximum absolute atomic E-state index is 12.5. The van der Waals surface area contributed by atoms with E-state index >= 15 is 0 Å². The van der Waals surface area contributed by atoms with E-state index in [1.807, 2.05) is 31.2 Å². The van der Waals surface area contributed by atoms with Crippen LogP contribution in [0.2, 0.25) is 0 Å². The van der Waals surface area contributed by atoms with E-state index in [0.717, 1.165) is 11.3 Å². The molecule has 5 heteroatoms. The molecule has 1 aliphatic heterocycles. The summed E-state index contributed by atoms with van der Waals surface area (Å²) >= 11 is 0. The number of benzene rings is 1. The first kappa shape index (κ1) is 15.4. The number of aliphatic carboxylic acids is 1. The Morgan fingerprint density at radius 3 is 2.29 bits per heavy atom. The van der Waals surface area contributed by atoms with Gasteiger partial charge >= 0.3 is 5.97 Å². The van der Waals surface area contributed by atoms with Gasteiger partial charge in [-0.3, -0.25) is 9.59 Å². The molecule has 5 nitrogen and oxygen atoms in total. The van der Waals surface area contributed by atoms with Gasteiger partial charge in [0.1, 0.15) is 5.75 Å². The number of nitrogens with zero attached hydrogens (tertiary/aromatic N) is 1. The van der Waals surface area contributed by atoms with Gasteiger partial charge in [0.15, 0.2) is 0 Å². The molecule has 1 atom stereocenters. The minimum Gasteiger partial charge on any atom is -0.497 e. The highest BCUT2D eigenvalue weighted by Crippen LogP contribution is 2.24. The minimum atomic E-state index is -0.759. The summed E-state index contributed by atoms with van der Waals surface area (Å²) < 4.78 is 5.11. The van der Waals surface area contributed by atoms with E-state index in [9.17, 15) is 9.59 Å². The van der Waals surface area contributed by atoms with Crippen molar-refractivity contribution in [2.45, 2.75) is 25.7 Å². The van der Waals surface area contributed by atoms with Crippen LogP contribution in [0.4, 0.5) is 0 Å². The van der Waals surface area contributed by atoms with E-state index in [0.29, 0.717) is 25.9 Å². The van der Waals surface area contributed by atoms with Crippen LogP contribution < -0.4 is 4.74 Å². The Morgan fingerprint density at radius 1 is 1.24 bits per heavy atom. The molecule has 1 fully saturated rings. The molecule has 114 valence electrons. The molecule has 2 rings (SSSR count). The lowest BCUT2D eigenvalue weighted by Gasteiger charge is -2.32.